The van der Waals surface area contributed by atoms with E-state index in [-0.39, 0.29) is 5.84 Å². The Bertz CT molecular complexity index is 644. The molecule has 0 fully saturated rings. The lowest BCUT2D eigenvalue weighted by atomic mass is 10.2. The van der Waals surface area contributed by atoms with Crippen molar-refractivity contribution in [2.24, 2.45) is 10.9 Å². The maximum atomic E-state index is 8.66. The first-order chi connectivity index (χ1) is 9.51. The van der Waals surface area contributed by atoms with Crippen LogP contribution in [0, 0.1) is 0 Å². The molecule has 4 nitrogen and oxygen atoms in total. The second-order valence-corrected chi connectivity index (χ2v) is 6.56. The Labute approximate surface area is 134 Å². The van der Waals surface area contributed by atoms with E-state index in [1.165, 1.54) is 4.88 Å². The molecule has 106 valence electrons. The summed E-state index contributed by atoms with van der Waals surface area (Å²) in [6.45, 7) is 0.763. The predicted octanol–water partition coefficient (Wildman–Crippen LogP) is 3.89. The van der Waals surface area contributed by atoms with Gasteiger partial charge in [-0.15, -0.1) is 11.3 Å². The van der Waals surface area contributed by atoms with Gasteiger partial charge in [-0.3, -0.25) is 0 Å². The Morgan fingerprint density at radius 3 is 2.80 bits per heavy atom. The fraction of sp³-hybridized carbons (Fsp3) is 0.154. The standard InChI is InChI=1S/C13H13BrClN3OS/c1-18(6-10-5-9(14)7-20-10)12-3-2-8(4-11(12)15)13(16)17-19/h2-5,7,19H,6H2,1H3,(H2,16,17). The third kappa shape index (κ3) is 3.45. The Balaban J connectivity index is 2.20. The topological polar surface area (TPSA) is 61.8 Å². The normalized spacial score (nSPS) is 11.7. The number of benzene rings is 1. The zero-order chi connectivity index (χ0) is 14.7. The summed E-state index contributed by atoms with van der Waals surface area (Å²) >= 11 is 11.4. The summed E-state index contributed by atoms with van der Waals surface area (Å²) in [5, 5.41) is 14.2. The maximum Gasteiger partial charge on any atom is 0.170 e. The van der Waals surface area contributed by atoms with Gasteiger partial charge < -0.3 is 15.8 Å². The summed E-state index contributed by atoms with van der Waals surface area (Å²) in [6, 6.07) is 7.40. The second-order valence-electron chi connectivity index (χ2n) is 4.24. The molecule has 1 heterocycles. The van der Waals surface area contributed by atoms with Crippen molar-refractivity contribution in [3.63, 3.8) is 0 Å². The molecule has 20 heavy (non-hydrogen) atoms. The van der Waals surface area contributed by atoms with Gasteiger partial charge in [-0.05, 0) is 40.2 Å². The molecule has 2 rings (SSSR count). The number of rotatable bonds is 4. The highest BCUT2D eigenvalue weighted by atomic mass is 79.9. The zero-order valence-corrected chi connectivity index (χ0v) is 13.8. The van der Waals surface area contributed by atoms with Crippen LogP contribution in [0.3, 0.4) is 0 Å². The summed E-state index contributed by atoms with van der Waals surface area (Å²) in [6.07, 6.45) is 0. The van der Waals surface area contributed by atoms with Crippen molar-refractivity contribution < 1.29 is 5.21 Å². The van der Waals surface area contributed by atoms with E-state index in [1.807, 2.05) is 18.5 Å². The van der Waals surface area contributed by atoms with Crippen LogP contribution in [0.15, 0.2) is 39.3 Å². The molecule has 0 atom stereocenters. The van der Waals surface area contributed by atoms with Crippen LogP contribution >= 0.6 is 38.9 Å². The number of nitrogens with zero attached hydrogens (tertiary/aromatic N) is 2. The largest absolute Gasteiger partial charge is 0.409 e. The average molecular weight is 375 g/mol. The first-order valence-electron chi connectivity index (χ1n) is 5.72. The van der Waals surface area contributed by atoms with Crippen LogP contribution in [-0.2, 0) is 6.54 Å². The van der Waals surface area contributed by atoms with Gasteiger partial charge in [0, 0.05) is 27.3 Å². The molecule has 0 bridgehead atoms. The van der Waals surface area contributed by atoms with Gasteiger partial charge in [0.15, 0.2) is 5.84 Å². The van der Waals surface area contributed by atoms with Crippen molar-refractivity contribution in [1.29, 1.82) is 0 Å². The summed E-state index contributed by atoms with van der Waals surface area (Å²) in [5.74, 6) is 0.0447. The minimum absolute atomic E-state index is 0.0447. The highest BCUT2D eigenvalue weighted by Crippen LogP contribution is 2.29. The van der Waals surface area contributed by atoms with Crippen molar-refractivity contribution in [3.8, 4) is 0 Å². The summed E-state index contributed by atoms with van der Waals surface area (Å²) in [7, 11) is 1.97. The van der Waals surface area contributed by atoms with Crippen LogP contribution < -0.4 is 10.6 Å². The molecule has 0 aliphatic heterocycles. The van der Waals surface area contributed by atoms with E-state index in [0.717, 1.165) is 16.7 Å². The fourth-order valence-corrected chi connectivity index (χ4v) is 3.62. The Kier molecular flexibility index (Phi) is 4.91. The molecule has 3 N–H and O–H groups in total. The van der Waals surface area contributed by atoms with Gasteiger partial charge in [0.2, 0.25) is 0 Å². The Morgan fingerprint density at radius 2 is 2.25 bits per heavy atom. The molecule has 0 spiro atoms. The molecule has 7 heteroatoms. The zero-order valence-electron chi connectivity index (χ0n) is 10.7. The van der Waals surface area contributed by atoms with Crippen LogP contribution in [-0.4, -0.2) is 18.1 Å². The second kappa shape index (κ2) is 6.47. The SMILES string of the molecule is CN(Cc1cc(Br)cs1)c1ccc(C(N)=NO)cc1Cl. The first kappa shape index (κ1) is 15.2. The number of nitrogens with two attached hydrogens (primary N) is 1. The minimum atomic E-state index is 0.0447. The van der Waals surface area contributed by atoms with Crippen LogP contribution in [0.25, 0.3) is 0 Å². The third-order valence-corrected chi connectivity index (χ3v) is 4.76. The number of oxime groups is 1. The van der Waals surface area contributed by atoms with Gasteiger partial charge in [0.05, 0.1) is 17.3 Å². The van der Waals surface area contributed by atoms with Crippen molar-refractivity contribution in [2.75, 3.05) is 11.9 Å². The van der Waals surface area contributed by atoms with Crippen molar-refractivity contribution in [1.82, 2.24) is 0 Å². The van der Waals surface area contributed by atoms with E-state index >= 15 is 0 Å². The quantitative estimate of drug-likeness (QED) is 0.369. The number of hydrogen-bond donors (Lipinski definition) is 2. The Hall–Kier alpha value is -1.24. The van der Waals surface area contributed by atoms with Crippen LogP contribution in [0.1, 0.15) is 10.4 Å². The minimum Gasteiger partial charge on any atom is -0.409 e. The van der Waals surface area contributed by atoms with E-state index in [1.54, 1.807) is 23.5 Å². The predicted molar refractivity (Wildman–Crippen MR) is 88.1 cm³/mol. The molecule has 0 aliphatic carbocycles. The number of thiophene rings is 1. The van der Waals surface area contributed by atoms with Crippen molar-refractivity contribution in [3.05, 3.63) is 49.6 Å². The number of amidine groups is 1. The smallest absolute Gasteiger partial charge is 0.170 e. The van der Waals surface area contributed by atoms with Crippen molar-refractivity contribution >= 4 is 50.4 Å². The monoisotopic (exact) mass is 373 g/mol. The lowest BCUT2D eigenvalue weighted by Gasteiger charge is -2.20. The third-order valence-electron chi connectivity index (χ3n) is 2.78. The molecule has 0 amide bonds. The highest BCUT2D eigenvalue weighted by Gasteiger charge is 2.10. The lowest BCUT2D eigenvalue weighted by molar-refractivity contribution is 0.318. The average Bonchev–Trinajstić information content (AvgIpc) is 2.82. The molecule has 0 saturated carbocycles. The van der Waals surface area contributed by atoms with Gasteiger partial charge in [0.1, 0.15) is 0 Å². The van der Waals surface area contributed by atoms with Gasteiger partial charge in [-0.1, -0.05) is 16.8 Å². The number of anilines is 1. The van der Waals surface area contributed by atoms with Crippen molar-refractivity contribution in [2.45, 2.75) is 6.54 Å². The van der Waals surface area contributed by atoms with E-state index in [2.05, 4.69) is 32.1 Å². The van der Waals surface area contributed by atoms with Gasteiger partial charge in [-0.25, -0.2) is 0 Å². The van der Waals surface area contributed by atoms with Gasteiger partial charge in [-0.2, -0.15) is 0 Å². The molecule has 0 unspecified atom stereocenters. The van der Waals surface area contributed by atoms with E-state index in [0.29, 0.717) is 10.6 Å². The Morgan fingerprint density at radius 1 is 1.50 bits per heavy atom. The maximum absolute atomic E-state index is 8.66. The first-order valence-corrected chi connectivity index (χ1v) is 7.78. The summed E-state index contributed by atoms with van der Waals surface area (Å²) in [5.41, 5.74) is 7.03. The fourth-order valence-electron chi connectivity index (χ4n) is 1.79. The molecule has 0 saturated heterocycles. The molecule has 0 aliphatic rings. The molecular formula is C13H13BrClN3OS. The molecule has 1 aromatic carbocycles. The lowest BCUT2D eigenvalue weighted by Crippen LogP contribution is -2.17. The number of hydrogen-bond acceptors (Lipinski definition) is 4. The van der Waals surface area contributed by atoms with E-state index < -0.39 is 0 Å². The van der Waals surface area contributed by atoms with Crippen LogP contribution in [0.5, 0.6) is 0 Å². The highest BCUT2D eigenvalue weighted by molar-refractivity contribution is 9.10. The summed E-state index contributed by atoms with van der Waals surface area (Å²) in [4.78, 5) is 3.28. The molecule has 0 radical (unpaired) electrons. The van der Waals surface area contributed by atoms with E-state index in [9.17, 15) is 0 Å². The van der Waals surface area contributed by atoms with Gasteiger partial charge >= 0.3 is 0 Å². The molecular weight excluding hydrogens is 362 g/mol. The molecule has 1 aromatic heterocycles. The van der Waals surface area contributed by atoms with Crippen LogP contribution in [0.4, 0.5) is 5.69 Å². The summed E-state index contributed by atoms with van der Waals surface area (Å²) < 4.78 is 1.08. The van der Waals surface area contributed by atoms with Crippen LogP contribution in [0.2, 0.25) is 5.02 Å². The molecule has 2 aromatic rings. The van der Waals surface area contributed by atoms with E-state index in [4.69, 9.17) is 22.5 Å². The number of halogens is 2. The van der Waals surface area contributed by atoms with Gasteiger partial charge in [0.25, 0.3) is 0 Å².